The van der Waals surface area contributed by atoms with E-state index in [2.05, 4.69) is 25.1 Å². The van der Waals surface area contributed by atoms with E-state index in [4.69, 9.17) is 11.6 Å². The number of halogens is 1. The van der Waals surface area contributed by atoms with Crippen molar-refractivity contribution in [3.05, 3.63) is 58.6 Å². The monoisotopic (exact) mass is 215 g/mol. The van der Waals surface area contributed by atoms with Gasteiger partial charge in [-0.2, -0.15) is 0 Å². The highest BCUT2D eigenvalue weighted by Crippen LogP contribution is 2.30. The summed E-state index contributed by atoms with van der Waals surface area (Å²) in [6.07, 6.45) is 0. The fourth-order valence-corrected chi connectivity index (χ4v) is 1.88. The van der Waals surface area contributed by atoms with Crippen LogP contribution >= 0.6 is 11.6 Å². The number of hydrogen-bond donors (Lipinski definition) is 0. The summed E-state index contributed by atoms with van der Waals surface area (Å²) >= 11 is 6.19. The van der Waals surface area contributed by atoms with Crippen molar-refractivity contribution in [3.8, 4) is 11.1 Å². The normalized spacial score (nSPS) is 10.3. The van der Waals surface area contributed by atoms with Gasteiger partial charge in [0, 0.05) is 10.6 Å². The van der Waals surface area contributed by atoms with Crippen LogP contribution in [0, 0.1) is 19.9 Å². The maximum absolute atomic E-state index is 6.19. The van der Waals surface area contributed by atoms with Crippen molar-refractivity contribution in [2.24, 2.45) is 0 Å². The molecule has 1 heteroatoms. The van der Waals surface area contributed by atoms with Crippen molar-refractivity contribution < 1.29 is 0 Å². The molecule has 0 saturated heterocycles. The summed E-state index contributed by atoms with van der Waals surface area (Å²) in [7, 11) is 0. The van der Waals surface area contributed by atoms with Crippen LogP contribution in [0.5, 0.6) is 0 Å². The maximum atomic E-state index is 6.19. The Labute approximate surface area is 95.5 Å². The predicted molar refractivity (Wildman–Crippen MR) is 65.2 cm³/mol. The molecule has 2 aromatic rings. The highest BCUT2D eigenvalue weighted by molar-refractivity contribution is 6.33. The number of aryl methyl sites for hydroxylation is 2. The van der Waals surface area contributed by atoms with Crippen molar-refractivity contribution in [1.29, 1.82) is 0 Å². The van der Waals surface area contributed by atoms with E-state index in [1.807, 2.05) is 31.2 Å². The van der Waals surface area contributed by atoms with Gasteiger partial charge >= 0.3 is 0 Å². The molecule has 0 saturated carbocycles. The van der Waals surface area contributed by atoms with Crippen LogP contribution in [-0.4, -0.2) is 0 Å². The molecule has 0 amide bonds. The molecule has 0 nitrogen and oxygen atoms in total. The molecular weight excluding hydrogens is 204 g/mol. The minimum Gasteiger partial charge on any atom is -0.0837 e. The molecule has 0 unspecified atom stereocenters. The summed E-state index contributed by atoms with van der Waals surface area (Å²) in [6, 6.07) is 15.2. The lowest BCUT2D eigenvalue weighted by Gasteiger charge is -2.08. The van der Waals surface area contributed by atoms with E-state index in [1.165, 1.54) is 5.56 Å². The summed E-state index contributed by atoms with van der Waals surface area (Å²) in [5, 5.41) is 0.795. The van der Waals surface area contributed by atoms with Gasteiger partial charge < -0.3 is 0 Å². The lowest BCUT2D eigenvalue weighted by Crippen LogP contribution is -1.85. The number of hydrogen-bond acceptors (Lipinski definition) is 0. The summed E-state index contributed by atoms with van der Waals surface area (Å²) in [5.41, 5.74) is 4.60. The Morgan fingerprint density at radius 1 is 1.07 bits per heavy atom. The Kier molecular flexibility index (Phi) is 2.79. The van der Waals surface area contributed by atoms with Crippen LogP contribution in [0.25, 0.3) is 11.1 Å². The van der Waals surface area contributed by atoms with Crippen molar-refractivity contribution in [2.45, 2.75) is 13.8 Å². The van der Waals surface area contributed by atoms with Gasteiger partial charge in [-0.1, -0.05) is 41.4 Å². The van der Waals surface area contributed by atoms with Crippen LogP contribution in [-0.2, 0) is 0 Å². The van der Waals surface area contributed by atoms with Crippen molar-refractivity contribution in [1.82, 2.24) is 0 Å². The molecule has 15 heavy (non-hydrogen) atoms. The lowest BCUT2D eigenvalue weighted by atomic mass is 9.99. The minimum absolute atomic E-state index is 0.795. The van der Waals surface area contributed by atoms with Crippen molar-refractivity contribution >= 4 is 11.6 Å². The second-order valence-corrected chi connectivity index (χ2v) is 4.10. The second-order valence-electron chi connectivity index (χ2n) is 3.69. The molecular formula is C14H12Cl. The van der Waals surface area contributed by atoms with E-state index in [0.717, 1.165) is 21.7 Å². The summed E-state index contributed by atoms with van der Waals surface area (Å²) in [5.74, 6) is 0. The van der Waals surface area contributed by atoms with Crippen LogP contribution in [0.1, 0.15) is 11.1 Å². The smallest absolute Gasteiger partial charge is 0.0484 e. The Bertz CT molecular complexity index is 486. The average Bonchev–Trinajstić information content (AvgIpc) is 2.23. The molecule has 0 aliphatic carbocycles. The average molecular weight is 216 g/mol. The molecule has 2 aromatic carbocycles. The van der Waals surface area contributed by atoms with E-state index in [-0.39, 0.29) is 0 Å². The third-order valence-corrected chi connectivity index (χ3v) is 2.80. The fourth-order valence-electron chi connectivity index (χ4n) is 1.66. The third-order valence-electron chi connectivity index (χ3n) is 2.47. The van der Waals surface area contributed by atoms with E-state index in [9.17, 15) is 0 Å². The first-order valence-corrected chi connectivity index (χ1v) is 5.30. The molecule has 0 aliphatic heterocycles. The minimum atomic E-state index is 0.795. The molecule has 1 radical (unpaired) electrons. The van der Waals surface area contributed by atoms with Crippen LogP contribution < -0.4 is 0 Å². The second kappa shape index (κ2) is 4.08. The first-order chi connectivity index (χ1) is 7.18. The summed E-state index contributed by atoms with van der Waals surface area (Å²) in [6.45, 7) is 4.12. The Hall–Kier alpha value is -1.27. The van der Waals surface area contributed by atoms with Gasteiger partial charge in [0.15, 0.2) is 0 Å². The van der Waals surface area contributed by atoms with Crippen LogP contribution in [0.3, 0.4) is 0 Å². The third kappa shape index (κ3) is 2.05. The quantitative estimate of drug-likeness (QED) is 0.661. The number of rotatable bonds is 1. The summed E-state index contributed by atoms with van der Waals surface area (Å²) in [4.78, 5) is 0. The van der Waals surface area contributed by atoms with Gasteiger partial charge in [0.2, 0.25) is 0 Å². The van der Waals surface area contributed by atoms with Crippen molar-refractivity contribution in [3.63, 3.8) is 0 Å². The van der Waals surface area contributed by atoms with Crippen LogP contribution in [0.15, 0.2) is 36.4 Å². The Morgan fingerprint density at radius 3 is 2.60 bits per heavy atom. The predicted octanol–water partition coefficient (Wildman–Crippen LogP) is 4.42. The summed E-state index contributed by atoms with van der Waals surface area (Å²) < 4.78 is 0. The largest absolute Gasteiger partial charge is 0.0837 e. The number of benzene rings is 2. The van der Waals surface area contributed by atoms with Crippen LogP contribution in [0.2, 0.25) is 5.02 Å². The lowest BCUT2D eigenvalue weighted by molar-refractivity contribution is 1.42. The van der Waals surface area contributed by atoms with Crippen molar-refractivity contribution in [2.75, 3.05) is 0 Å². The van der Waals surface area contributed by atoms with Gasteiger partial charge in [-0.3, -0.25) is 0 Å². The van der Waals surface area contributed by atoms with Gasteiger partial charge in [-0.25, -0.2) is 0 Å². The molecule has 0 aliphatic rings. The molecule has 75 valence electrons. The van der Waals surface area contributed by atoms with Gasteiger partial charge in [-0.15, -0.1) is 0 Å². The molecule has 0 aromatic heterocycles. The molecule has 0 N–H and O–H groups in total. The highest BCUT2D eigenvalue weighted by Gasteiger charge is 2.05. The van der Waals surface area contributed by atoms with E-state index in [0.29, 0.717) is 0 Å². The zero-order chi connectivity index (χ0) is 10.8. The van der Waals surface area contributed by atoms with Gasteiger partial charge in [0.05, 0.1) is 0 Å². The van der Waals surface area contributed by atoms with E-state index < -0.39 is 0 Å². The van der Waals surface area contributed by atoms with Gasteiger partial charge in [0.25, 0.3) is 0 Å². The van der Waals surface area contributed by atoms with Crippen LogP contribution in [0.4, 0.5) is 0 Å². The molecule has 0 atom stereocenters. The standard InChI is InChI=1S/C14H12Cl/c1-10-7-8-14(15)13(9-10)12-6-4-3-5-11(12)2/h3-4,6-9H,1-2H3. The Balaban J connectivity index is 2.64. The maximum Gasteiger partial charge on any atom is 0.0484 e. The molecule has 0 fully saturated rings. The van der Waals surface area contributed by atoms with E-state index >= 15 is 0 Å². The first-order valence-electron chi connectivity index (χ1n) is 4.92. The fraction of sp³-hybridized carbons (Fsp3) is 0.143. The van der Waals surface area contributed by atoms with Gasteiger partial charge in [-0.05, 0) is 43.2 Å². The SMILES string of the molecule is Cc1ccc(Cl)c(-c2ccc[c]c2C)c1. The molecule has 0 bridgehead atoms. The zero-order valence-corrected chi connectivity index (χ0v) is 9.60. The topological polar surface area (TPSA) is 0 Å². The van der Waals surface area contributed by atoms with E-state index in [1.54, 1.807) is 0 Å². The molecule has 2 rings (SSSR count). The zero-order valence-electron chi connectivity index (χ0n) is 8.84. The Morgan fingerprint density at radius 2 is 1.87 bits per heavy atom. The molecule has 0 heterocycles. The molecule has 0 spiro atoms. The highest BCUT2D eigenvalue weighted by atomic mass is 35.5. The van der Waals surface area contributed by atoms with Gasteiger partial charge in [0.1, 0.15) is 0 Å². The first kappa shape index (κ1) is 10.3.